The fraction of sp³-hybridized carbons (Fsp3) is 0.333. The predicted octanol–water partition coefficient (Wildman–Crippen LogP) is 3.62. The summed E-state index contributed by atoms with van der Waals surface area (Å²) in [6.07, 6.45) is 0. The number of benzene rings is 2. The molecular formula is C21H22ClN3O4. The van der Waals surface area contributed by atoms with Crippen molar-refractivity contribution in [1.29, 1.82) is 0 Å². The Bertz CT molecular complexity index is 1160. The molecule has 0 unspecified atom stereocenters. The highest BCUT2D eigenvalue weighted by Crippen LogP contribution is 2.32. The summed E-state index contributed by atoms with van der Waals surface area (Å²) in [5.74, 6) is 0.984. The van der Waals surface area contributed by atoms with Gasteiger partial charge in [0, 0.05) is 16.8 Å². The molecule has 3 aromatic rings. The predicted molar refractivity (Wildman–Crippen MR) is 112 cm³/mol. The zero-order chi connectivity index (χ0) is 20.8. The molecule has 0 fully saturated rings. The van der Waals surface area contributed by atoms with Gasteiger partial charge in [-0.2, -0.15) is 0 Å². The van der Waals surface area contributed by atoms with E-state index >= 15 is 0 Å². The number of carbonyl (C=O) groups is 1. The van der Waals surface area contributed by atoms with Gasteiger partial charge in [0.15, 0.2) is 11.5 Å². The number of anilines is 1. The number of amides is 1. The summed E-state index contributed by atoms with van der Waals surface area (Å²) in [5.41, 5.74) is 0.546. The molecule has 4 rings (SSSR count). The van der Waals surface area contributed by atoms with E-state index in [4.69, 9.17) is 21.1 Å². The van der Waals surface area contributed by atoms with Gasteiger partial charge in [-0.3, -0.25) is 14.3 Å². The third-order valence-electron chi connectivity index (χ3n) is 4.66. The van der Waals surface area contributed by atoms with Gasteiger partial charge < -0.3 is 14.8 Å². The van der Waals surface area contributed by atoms with E-state index in [0.29, 0.717) is 46.3 Å². The minimum absolute atomic E-state index is 0.0369. The first-order valence-electron chi connectivity index (χ1n) is 9.35. The van der Waals surface area contributed by atoms with Crippen molar-refractivity contribution in [3.8, 4) is 11.5 Å². The van der Waals surface area contributed by atoms with Crippen molar-refractivity contribution in [2.75, 3.05) is 18.5 Å². The number of nitrogens with zero attached hydrogens (tertiary/aromatic N) is 2. The Morgan fingerprint density at radius 3 is 2.55 bits per heavy atom. The van der Waals surface area contributed by atoms with Gasteiger partial charge >= 0.3 is 0 Å². The molecule has 0 saturated carbocycles. The molecule has 152 valence electrons. The van der Waals surface area contributed by atoms with Gasteiger partial charge in [-0.25, -0.2) is 4.68 Å². The average molecular weight is 416 g/mol. The van der Waals surface area contributed by atoms with E-state index in [1.807, 2.05) is 20.8 Å². The summed E-state index contributed by atoms with van der Waals surface area (Å²) < 4.78 is 14.3. The SMILES string of the molecule is CC(C)(C)n1c(=O)c2ccc(Cl)cc2n1CC(=O)Nc1ccc2c(c1)OCCO2. The van der Waals surface area contributed by atoms with Gasteiger partial charge in [-0.1, -0.05) is 11.6 Å². The molecule has 7 nitrogen and oxygen atoms in total. The molecule has 2 heterocycles. The van der Waals surface area contributed by atoms with Crippen molar-refractivity contribution >= 4 is 34.1 Å². The number of rotatable bonds is 3. The van der Waals surface area contributed by atoms with Crippen LogP contribution in [-0.4, -0.2) is 28.5 Å². The lowest BCUT2D eigenvalue weighted by atomic mass is 10.1. The number of ether oxygens (including phenoxy) is 2. The standard InChI is InChI=1S/C21H22ClN3O4/c1-21(2,3)25-20(27)15-6-4-13(22)10-16(15)24(25)12-19(26)23-14-5-7-17-18(11-14)29-9-8-28-17/h4-7,10-11H,8-9,12H2,1-3H3,(H,23,26). The Hall–Kier alpha value is -2.93. The number of aromatic nitrogens is 2. The smallest absolute Gasteiger partial charge is 0.275 e. The Balaban J connectivity index is 1.67. The summed E-state index contributed by atoms with van der Waals surface area (Å²) in [6.45, 7) is 6.70. The van der Waals surface area contributed by atoms with E-state index in [1.165, 1.54) is 0 Å². The van der Waals surface area contributed by atoms with Crippen LogP contribution >= 0.6 is 11.6 Å². The van der Waals surface area contributed by atoms with Crippen LogP contribution in [0.1, 0.15) is 20.8 Å². The molecule has 29 heavy (non-hydrogen) atoms. The number of hydrogen-bond acceptors (Lipinski definition) is 4. The second kappa shape index (κ2) is 7.15. The lowest BCUT2D eigenvalue weighted by molar-refractivity contribution is -0.117. The quantitative estimate of drug-likeness (QED) is 0.709. The maximum Gasteiger partial charge on any atom is 0.275 e. The van der Waals surface area contributed by atoms with Gasteiger partial charge in [-0.05, 0) is 51.1 Å². The van der Waals surface area contributed by atoms with Gasteiger partial charge in [0.25, 0.3) is 5.56 Å². The topological polar surface area (TPSA) is 74.5 Å². The Labute approximate surface area is 172 Å². The molecule has 0 saturated heterocycles. The molecule has 1 N–H and O–H groups in total. The third kappa shape index (κ3) is 3.70. The minimum atomic E-state index is -0.514. The van der Waals surface area contributed by atoms with Crippen LogP contribution in [0.15, 0.2) is 41.2 Å². The fourth-order valence-corrected chi connectivity index (χ4v) is 3.68. The van der Waals surface area contributed by atoms with E-state index in [2.05, 4.69) is 5.32 Å². The molecule has 0 spiro atoms. The Morgan fingerprint density at radius 1 is 1.10 bits per heavy atom. The van der Waals surface area contributed by atoms with E-state index < -0.39 is 5.54 Å². The maximum absolute atomic E-state index is 12.9. The second-order valence-corrected chi connectivity index (χ2v) is 8.35. The molecule has 0 aliphatic carbocycles. The Kier molecular flexibility index (Phi) is 4.78. The Morgan fingerprint density at radius 2 is 1.83 bits per heavy atom. The van der Waals surface area contributed by atoms with E-state index in [1.54, 1.807) is 45.8 Å². The van der Waals surface area contributed by atoms with Crippen molar-refractivity contribution < 1.29 is 14.3 Å². The highest BCUT2D eigenvalue weighted by molar-refractivity contribution is 6.31. The average Bonchev–Trinajstić information content (AvgIpc) is 2.92. The lowest BCUT2D eigenvalue weighted by Crippen LogP contribution is -2.38. The van der Waals surface area contributed by atoms with Crippen LogP contribution in [-0.2, 0) is 16.9 Å². The second-order valence-electron chi connectivity index (χ2n) is 7.91. The molecule has 1 aromatic heterocycles. The van der Waals surface area contributed by atoms with Gasteiger partial charge in [0.1, 0.15) is 19.8 Å². The van der Waals surface area contributed by atoms with Crippen LogP contribution in [0.2, 0.25) is 5.02 Å². The largest absolute Gasteiger partial charge is 0.486 e. The summed E-state index contributed by atoms with van der Waals surface area (Å²) in [4.78, 5) is 25.8. The first kappa shape index (κ1) is 19.4. The first-order chi connectivity index (χ1) is 13.7. The molecule has 1 aliphatic rings. The molecule has 0 bridgehead atoms. The van der Waals surface area contributed by atoms with Crippen molar-refractivity contribution in [2.45, 2.75) is 32.9 Å². The van der Waals surface area contributed by atoms with Crippen LogP contribution in [0.4, 0.5) is 5.69 Å². The van der Waals surface area contributed by atoms with Gasteiger partial charge in [0.2, 0.25) is 5.91 Å². The van der Waals surface area contributed by atoms with E-state index in [-0.39, 0.29) is 18.0 Å². The van der Waals surface area contributed by atoms with Crippen LogP contribution in [0.5, 0.6) is 11.5 Å². The number of hydrogen-bond donors (Lipinski definition) is 1. The highest BCUT2D eigenvalue weighted by Gasteiger charge is 2.24. The van der Waals surface area contributed by atoms with Crippen molar-refractivity contribution in [3.05, 3.63) is 51.8 Å². The zero-order valence-corrected chi connectivity index (χ0v) is 17.2. The van der Waals surface area contributed by atoms with Crippen LogP contribution in [0.3, 0.4) is 0 Å². The van der Waals surface area contributed by atoms with Gasteiger partial charge in [-0.15, -0.1) is 0 Å². The van der Waals surface area contributed by atoms with Crippen molar-refractivity contribution in [1.82, 2.24) is 9.36 Å². The molecule has 0 atom stereocenters. The first-order valence-corrected chi connectivity index (χ1v) is 9.73. The van der Waals surface area contributed by atoms with Crippen molar-refractivity contribution in [3.63, 3.8) is 0 Å². The van der Waals surface area contributed by atoms with Gasteiger partial charge in [0.05, 0.1) is 16.4 Å². The molecule has 1 aliphatic heterocycles. The molecular weight excluding hydrogens is 394 g/mol. The summed E-state index contributed by atoms with van der Waals surface area (Å²) in [6, 6.07) is 10.3. The molecule has 8 heteroatoms. The van der Waals surface area contributed by atoms with Crippen LogP contribution in [0.25, 0.3) is 10.9 Å². The summed E-state index contributed by atoms with van der Waals surface area (Å²) >= 11 is 6.15. The maximum atomic E-state index is 12.9. The number of halogens is 1. The monoisotopic (exact) mass is 415 g/mol. The highest BCUT2D eigenvalue weighted by atomic mass is 35.5. The minimum Gasteiger partial charge on any atom is -0.486 e. The summed E-state index contributed by atoms with van der Waals surface area (Å²) in [7, 11) is 0. The zero-order valence-electron chi connectivity index (χ0n) is 16.5. The van der Waals surface area contributed by atoms with Crippen LogP contribution < -0.4 is 20.3 Å². The number of fused-ring (bicyclic) bond motifs is 2. The molecule has 2 aromatic carbocycles. The number of nitrogens with one attached hydrogen (secondary N) is 1. The normalized spacial score (nSPS) is 13.5. The lowest BCUT2D eigenvalue weighted by Gasteiger charge is -2.25. The molecule has 1 amide bonds. The van der Waals surface area contributed by atoms with E-state index in [0.717, 1.165) is 0 Å². The number of carbonyl (C=O) groups excluding carboxylic acids is 1. The molecule has 0 radical (unpaired) electrons. The van der Waals surface area contributed by atoms with Crippen LogP contribution in [0, 0.1) is 0 Å². The fourth-order valence-electron chi connectivity index (χ4n) is 3.51. The van der Waals surface area contributed by atoms with E-state index in [9.17, 15) is 9.59 Å². The van der Waals surface area contributed by atoms with Crippen molar-refractivity contribution in [2.24, 2.45) is 0 Å². The summed E-state index contributed by atoms with van der Waals surface area (Å²) in [5, 5.41) is 3.89. The third-order valence-corrected chi connectivity index (χ3v) is 4.89.